The average molecular weight is 282 g/mol. The molecule has 0 bridgehead atoms. The van der Waals surface area contributed by atoms with Crippen LogP contribution in [-0.2, 0) is 14.3 Å². The average Bonchev–Trinajstić information content (AvgIpc) is 2.86. The lowest BCUT2D eigenvalue weighted by molar-refractivity contribution is -0.144. The van der Waals surface area contributed by atoms with Gasteiger partial charge in [0.1, 0.15) is 6.04 Å². The molecule has 5 heteroatoms. The lowest BCUT2D eigenvalue weighted by Crippen LogP contribution is -2.46. The summed E-state index contributed by atoms with van der Waals surface area (Å²) in [7, 11) is 0. The zero-order valence-corrected chi connectivity index (χ0v) is 11.3. The van der Waals surface area contributed by atoms with Crippen molar-refractivity contribution in [2.24, 2.45) is 0 Å². The van der Waals surface area contributed by atoms with E-state index in [9.17, 15) is 4.79 Å². The van der Waals surface area contributed by atoms with Crippen LogP contribution in [0, 0.1) is 0 Å². The molecule has 2 fully saturated rings. The lowest BCUT2D eigenvalue weighted by Gasteiger charge is -2.35. The van der Waals surface area contributed by atoms with E-state index in [0.29, 0.717) is 13.2 Å². The van der Waals surface area contributed by atoms with E-state index in [2.05, 4.69) is 4.90 Å². The van der Waals surface area contributed by atoms with Crippen molar-refractivity contribution in [2.45, 2.75) is 18.6 Å². The highest BCUT2D eigenvalue weighted by molar-refractivity contribution is 6.30. The highest BCUT2D eigenvalue weighted by Crippen LogP contribution is 2.26. The molecule has 3 rings (SSSR count). The van der Waals surface area contributed by atoms with Gasteiger partial charge in [-0.15, -0.1) is 0 Å². The van der Waals surface area contributed by atoms with Gasteiger partial charge in [-0.25, -0.2) is 0 Å². The fourth-order valence-corrected chi connectivity index (χ4v) is 2.77. The molecule has 0 spiro atoms. The molecule has 102 valence electrons. The van der Waals surface area contributed by atoms with E-state index in [1.807, 2.05) is 24.3 Å². The number of halogens is 1. The van der Waals surface area contributed by atoms with Crippen LogP contribution in [0.3, 0.4) is 0 Å². The third kappa shape index (κ3) is 2.76. The molecular weight excluding hydrogens is 266 g/mol. The number of carbonyl (C=O) groups is 1. The Bertz CT molecular complexity index is 462. The molecule has 1 aromatic carbocycles. The maximum atomic E-state index is 11.6. The van der Waals surface area contributed by atoms with Gasteiger partial charge in [-0.1, -0.05) is 23.7 Å². The zero-order chi connectivity index (χ0) is 13.2. The Morgan fingerprint density at radius 1 is 1.21 bits per heavy atom. The normalized spacial score (nSPS) is 28.4. The molecule has 2 saturated heterocycles. The maximum absolute atomic E-state index is 11.6. The molecule has 0 radical (unpaired) electrons. The molecule has 2 atom stereocenters. The van der Waals surface area contributed by atoms with Crippen molar-refractivity contribution >= 4 is 17.6 Å². The van der Waals surface area contributed by atoms with E-state index in [4.69, 9.17) is 21.1 Å². The number of hydrogen-bond acceptors (Lipinski definition) is 4. The largest absolute Gasteiger partial charge is 0.464 e. The van der Waals surface area contributed by atoms with E-state index >= 15 is 0 Å². The monoisotopic (exact) mass is 281 g/mol. The van der Waals surface area contributed by atoms with E-state index < -0.39 is 0 Å². The first-order valence-electron chi connectivity index (χ1n) is 6.52. The number of carbonyl (C=O) groups excluding carboxylic acids is 1. The van der Waals surface area contributed by atoms with Gasteiger partial charge in [0, 0.05) is 24.5 Å². The summed E-state index contributed by atoms with van der Waals surface area (Å²) in [5.41, 5.74) is 1.10. The second kappa shape index (κ2) is 5.49. The smallest absolute Gasteiger partial charge is 0.323 e. The number of cyclic esters (lactones) is 1. The SMILES string of the molecule is O=C1OCC[C@H]1N1CCO[C@@H](c2ccc(Cl)cc2)C1. The van der Waals surface area contributed by atoms with Gasteiger partial charge >= 0.3 is 5.97 Å². The van der Waals surface area contributed by atoms with Crippen molar-refractivity contribution in [1.29, 1.82) is 0 Å². The Morgan fingerprint density at radius 3 is 2.68 bits per heavy atom. The molecule has 0 saturated carbocycles. The molecule has 0 aliphatic carbocycles. The molecule has 0 unspecified atom stereocenters. The minimum atomic E-state index is -0.100. The van der Waals surface area contributed by atoms with Crippen molar-refractivity contribution in [3.05, 3.63) is 34.9 Å². The quantitative estimate of drug-likeness (QED) is 0.778. The Kier molecular flexibility index (Phi) is 3.73. The van der Waals surface area contributed by atoms with Crippen LogP contribution in [0.2, 0.25) is 5.02 Å². The van der Waals surface area contributed by atoms with Gasteiger partial charge in [0.25, 0.3) is 0 Å². The fourth-order valence-electron chi connectivity index (χ4n) is 2.65. The van der Waals surface area contributed by atoms with E-state index in [1.54, 1.807) is 0 Å². The van der Waals surface area contributed by atoms with Crippen molar-refractivity contribution in [1.82, 2.24) is 4.90 Å². The molecule has 2 aliphatic rings. The number of nitrogens with zero attached hydrogens (tertiary/aromatic N) is 1. The molecule has 19 heavy (non-hydrogen) atoms. The molecule has 2 aliphatic heterocycles. The minimum absolute atomic E-state index is 0.000540. The lowest BCUT2D eigenvalue weighted by atomic mass is 10.1. The fraction of sp³-hybridized carbons (Fsp3) is 0.500. The van der Waals surface area contributed by atoms with Gasteiger partial charge in [-0.05, 0) is 17.7 Å². The third-order valence-electron chi connectivity index (χ3n) is 3.69. The Morgan fingerprint density at radius 2 is 2.00 bits per heavy atom. The van der Waals surface area contributed by atoms with Crippen LogP contribution >= 0.6 is 11.6 Å². The van der Waals surface area contributed by atoms with E-state index in [-0.39, 0.29) is 18.1 Å². The summed E-state index contributed by atoms with van der Waals surface area (Å²) in [4.78, 5) is 13.8. The highest BCUT2D eigenvalue weighted by Gasteiger charge is 2.35. The Hall–Kier alpha value is -1.10. The minimum Gasteiger partial charge on any atom is -0.464 e. The van der Waals surface area contributed by atoms with Gasteiger partial charge in [0.15, 0.2) is 0 Å². The molecule has 0 amide bonds. The molecule has 4 nitrogen and oxygen atoms in total. The number of benzene rings is 1. The van der Waals surface area contributed by atoms with Gasteiger partial charge in [-0.2, -0.15) is 0 Å². The van der Waals surface area contributed by atoms with Crippen molar-refractivity contribution in [3.63, 3.8) is 0 Å². The highest BCUT2D eigenvalue weighted by atomic mass is 35.5. The predicted molar refractivity (Wildman–Crippen MR) is 71.1 cm³/mol. The topological polar surface area (TPSA) is 38.8 Å². The molecule has 1 aromatic rings. The summed E-state index contributed by atoms with van der Waals surface area (Å²) < 4.78 is 10.8. The maximum Gasteiger partial charge on any atom is 0.323 e. The van der Waals surface area contributed by atoms with Crippen molar-refractivity contribution in [2.75, 3.05) is 26.3 Å². The second-order valence-corrected chi connectivity index (χ2v) is 5.31. The number of morpholine rings is 1. The first-order valence-corrected chi connectivity index (χ1v) is 6.89. The van der Waals surface area contributed by atoms with Crippen LogP contribution in [0.4, 0.5) is 0 Å². The van der Waals surface area contributed by atoms with Crippen LogP contribution in [0.5, 0.6) is 0 Å². The number of hydrogen-bond donors (Lipinski definition) is 0. The molecule has 0 N–H and O–H groups in total. The number of esters is 1. The van der Waals surface area contributed by atoms with E-state index in [1.165, 1.54) is 0 Å². The molecule has 0 aromatic heterocycles. The van der Waals surface area contributed by atoms with Crippen LogP contribution in [0.15, 0.2) is 24.3 Å². The van der Waals surface area contributed by atoms with Crippen LogP contribution in [0.1, 0.15) is 18.1 Å². The van der Waals surface area contributed by atoms with Crippen molar-refractivity contribution in [3.8, 4) is 0 Å². The first kappa shape index (κ1) is 12.9. The summed E-state index contributed by atoms with van der Waals surface area (Å²) in [6, 6.07) is 7.58. The van der Waals surface area contributed by atoms with Gasteiger partial charge in [0.2, 0.25) is 0 Å². The Labute approximate surface area is 117 Å². The van der Waals surface area contributed by atoms with Crippen LogP contribution < -0.4 is 0 Å². The summed E-state index contributed by atoms with van der Waals surface area (Å²) in [6.07, 6.45) is 0.783. The molecule has 2 heterocycles. The van der Waals surface area contributed by atoms with Crippen LogP contribution in [0.25, 0.3) is 0 Å². The second-order valence-electron chi connectivity index (χ2n) is 4.88. The third-order valence-corrected chi connectivity index (χ3v) is 3.94. The zero-order valence-electron chi connectivity index (χ0n) is 10.5. The summed E-state index contributed by atoms with van der Waals surface area (Å²) in [5, 5.41) is 0.718. The number of rotatable bonds is 2. The number of ether oxygens (including phenoxy) is 2. The summed E-state index contributed by atoms with van der Waals surface area (Å²) >= 11 is 5.89. The summed E-state index contributed by atoms with van der Waals surface area (Å²) in [6.45, 7) is 2.68. The van der Waals surface area contributed by atoms with Gasteiger partial charge in [-0.3, -0.25) is 9.69 Å². The van der Waals surface area contributed by atoms with E-state index in [0.717, 1.165) is 30.1 Å². The van der Waals surface area contributed by atoms with Crippen LogP contribution in [-0.4, -0.2) is 43.2 Å². The molecular formula is C14H16ClNO3. The summed E-state index contributed by atoms with van der Waals surface area (Å²) in [5.74, 6) is -0.100. The first-order chi connectivity index (χ1) is 9.24. The van der Waals surface area contributed by atoms with Gasteiger partial charge < -0.3 is 9.47 Å². The Balaban J connectivity index is 1.71. The predicted octanol–water partition coefficient (Wildman–Crippen LogP) is 2.03. The van der Waals surface area contributed by atoms with Crippen molar-refractivity contribution < 1.29 is 14.3 Å². The van der Waals surface area contributed by atoms with Gasteiger partial charge in [0.05, 0.1) is 19.3 Å². The standard InChI is InChI=1S/C14H16ClNO3/c15-11-3-1-10(2-4-11)13-9-16(6-8-18-13)12-5-7-19-14(12)17/h1-4,12-13H,5-9H2/t12-,13-/m1/s1.